The van der Waals surface area contributed by atoms with E-state index in [0.717, 1.165) is 16.9 Å². The molecule has 0 aromatic heterocycles. The number of phenols is 1. The van der Waals surface area contributed by atoms with Crippen molar-refractivity contribution in [2.45, 2.75) is 0 Å². The van der Waals surface area contributed by atoms with Gasteiger partial charge in [-0.15, -0.1) is 0 Å². The minimum Gasteiger partial charge on any atom is -0.508 e. The van der Waals surface area contributed by atoms with Crippen molar-refractivity contribution in [3.05, 3.63) is 71.8 Å². The lowest BCUT2D eigenvalue weighted by Gasteiger charge is -1.98. The number of allylic oxidation sites excluding steroid dienone is 2. The SMILES string of the molecule is COc1ccc(/C=C/C=C/c2ccc(O)cc2)cc1. The summed E-state index contributed by atoms with van der Waals surface area (Å²) in [6, 6.07) is 15.0. The first kappa shape index (κ1) is 13.0. The van der Waals surface area contributed by atoms with Crippen molar-refractivity contribution >= 4 is 12.2 Å². The fourth-order valence-electron chi connectivity index (χ4n) is 1.63. The molecule has 0 unspecified atom stereocenters. The van der Waals surface area contributed by atoms with Gasteiger partial charge in [0.1, 0.15) is 11.5 Å². The first-order valence-corrected chi connectivity index (χ1v) is 6.06. The molecule has 0 fully saturated rings. The molecule has 0 aliphatic rings. The van der Waals surface area contributed by atoms with Crippen molar-refractivity contribution in [1.82, 2.24) is 0 Å². The quantitative estimate of drug-likeness (QED) is 0.829. The number of phenolic OH excluding ortho intramolecular Hbond substituents is 1. The Morgan fingerprint density at radius 1 is 0.789 bits per heavy atom. The number of ether oxygens (including phenoxy) is 1. The molecule has 96 valence electrons. The zero-order valence-electron chi connectivity index (χ0n) is 10.8. The lowest BCUT2D eigenvalue weighted by Crippen LogP contribution is -1.81. The molecule has 0 radical (unpaired) electrons. The fourth-order valence-corrected chi connectivity index (χ4v) is 1.63. The second-order valence-corrected chi connectivity index (χ2v) is 4.08. The van der Waals surface area contributed by atoms with Crippen LogP contribution < -0.4 is 4.74 Å². The van der Waals surface area contributed by atoms with Gasteiger partial charge in [-0.25, -0.2) is 0 Å². The van der Waals surface area contributed by atoms with Gasteiger partial charge in [-0.2, -0.15) is 0 Å². The van der Waals surface area contributed by atoms with Gasteiger partial charge in [0.25, 0.3) is 0 Å². The lowest BCUT2D eigenvalue weighted by atomic mass is 10.2. The van der Waals surface area contributed by atoms with Gasteiger partial charge in [-0.3, -0.25) is 0 Å². The Bertz CT molecular complexity index is 563. The molecule has 0 aliphatic carbocycles. The fraction of sp³-hybridized carbons (Fsp3) is 0.0588. The third-order valence-corrected chi connectivity index (χ3v) is 2.70. The molecule has 1 N–H and O–H groups in total. The molecule has 2 aromatic rings. The molecule has 0 spiro atoms. The molecule has 2 rings (SSSR count). The molecule has 0 aliphatic heterocycles. The maximum Gasteiger partial charge on any atom is 0.118 e. The summed E-state index contributed by atoms with van der Waals surface area (Å²) in [4.78, 5) is 0. The van der Waals surface area contributed by atoms with Crippen LogP contribution in [0, 0.1) is 0 Å². The van der Waals surface area contributed by atoms with Crippen LogP contribution in [0.4, 0.5) is 0 Å². The van der Waals surface area contributed by atoms with E-state index in [2.05, 4.69) is 0 Å². The molecule has 0 amide bonds. The Labute approximate surface area is 113 Å². The highest BCUT2D eigenvalue weighted by atomic mass is 16.5. The molecule has 0 saturated carbocycles. The Hall–Kier alpha value is -2.48. The van der Waals surface area contributed by atoms with Crippen LogP contribution >= 0.6 is 0 Å². The van der Waals surface area contributed by atoms with E-state index < -0.39 is 0 Å². The third kappa shape index (κ3) is 4.03. The average molecular weight is 252 g/mol. The number of hydrogen-bond acceptors (Lipinski definition) is 2. The Balaban J connectivity index is 1.96. The molecule has 0 heterocycles. The third-order valence-electron chi connectivity index (χ3n) is 2.70. The molecular weight excluding hydrogens is 236 g/mol. The van der Waals surface area contributed by atoms with E-state index in [-0.39, 0.29) is 5.75 Å². The van der Waals surface area contributed by atoms with Gasteiger partial charge in [0, 0.05) is 0 Å². The standard InChI is InChI=1S/C17H16O2/c1-19-17-12-8-15(9-13-17)5-3-2-4-14-6-10-16(18)11-7-14/h2-13,18H,1H3/b4-2+,5-3+. The van der Waals surface area contributed by atoms with Crippen LogP contribution in [0.15, 0.2) is 60.7 Å². The highest BCUT2D eigenvalue weighted by molar-refractivity contribution is 5.57. The smallest absolute Gasteiger partial charge is 0.118 e. The summed E-state index contributed by atoms with van der Waals surface area (Å²) in [5.41, 5.74) is 2.17. The minimum atomic E-state index is 0.283. The molecule has 2 nitrogen and oxygen atoms in total. The highest BCUT2D eigenvalue weighted by Crippen LogP contribution is 2.13. The Kier molecular flexibility index (Phi) is 4.40. The number of hydrogen-bond donors (Lipinski definition) is 1. The van der Waals surface area contributed by atoms with E-state index >= 15 is 0 Å². The summed E-state index contributed by atoms with van der Waals surface area (Å²) in [6.45, 7) is 0. The average Bonchev–Trinajstić information content (AvgIpc) is 2.46. The summed E-state index contributed by atoms with van der Waals surface area (Å²) >= 11 is 0. The van der Waals surface area contributed by atoms with Crippen LogP contribution in [0.25, 0.3) is 12.2 Å². The largest absolute Gasteiger partial charge is 0.508 e. The summed E-state index contributed by atoms with van der Waals surface area (Å²) in [6.07, 6.45) is 7.96. The molecule has 19 heavy (non-hydrogen) atoms. The zero-order valence-corrected chi connectivity index (χ0v) is 10.8. The maximum absolute atomic E-state index is 9.17. The van der Waals surface area contributed by atoms with Gasteiger partial charge in [0.2, 0.25) is 0 Å². The van der Waals surface area contributed by atoms with E-state index in [1.54, 1.807) is 19.2 Å². The van der Waals surface area contributed by atoms with Crippen LogP contribution in [-0.4, -0.2) is 12.2 Å². The van der Waals surface area contributed by atoms with Gasteiger partial charge in [0.05, 0.1) is 7.11 Å². The van der Waals surface area contributed by atoms with Crippen molar-refractivity contribution in [1.29, 1.82) is 0 Å². The van der Waals surface area contributed by atoms with Gasteiger partial charge in [0.15, 0.2) is 0 Å². The van der Waals surface area contributed by atoms with Gasteiger partial charge < -0.3 is 9.84 Å². The topological polar surface area (TPSA) is 29.5 Å². The zero-order chi connectivity index (χ0) is 13.5. The van der Waals surface area contributed by atoms with Crippen LogP contribution in [-0.2, 0) is 0 Å². The highest BCUT2D eigenvalue weighted by Gasteiger charge is 1.89. The molecular formula is C17H16O2. The predicted molar refractivity (Wildman–Crippen MR) is 79.2 cm³/mol. The summed E-state index contributed by atoms with van der Waals surface area (Å²) in [5.74, 6) is 1.14. The van der Waals surface area contributed by atoms with Crippen molar-refractivity contribution < 1.29 is 9.84 Å². The summed E-state index contributed by atoms with van der Waals surface area (Å²) in [7, 11) is 1.66. The van der Waals surface area contributed by atoms with Crippen LogP contribution in [0.5, 0.6) is 11.5 Å². The minimum absolute atomic E-state index is 0.283. The van der Waals surface area contributed by atoms with Crippen molar-refractivity contribution in [3.63, 3.8) is 0 Å². The first-order chi connectivity index (χ1) is 9.28. The number of methoxy groups -OCH3 is 1. The van der Waals surface area contributed by atoms with Crippen LogP contribution in [0.3, 0.4) is 0 Å². The maximum atomic E-state index is 9.17. The van der Waals surface area contributed by atoms with Crippen LogP contribution in [0.2, 0.25) is 0 Å². The second kappa shape index (κ2) is 6.45. The van der Waals surface area contributed by atoms with E-state index in [0.29, 0.717) is 0 Å². The first-order valence-electron chi connectivity index (χ1n) is 6.06. The molecule has 2 aromatic carbocycles. The van der Waals surface area contributed by atoms with Gasteiger partial charge in [-0.05, 0) is 35.4 Å². The van der Waals surface area contributed by atoms with Gasteiger partial charge >= 0.3 is 0 Å². The normalized spacial score (nSPS) is 11.2. The Morgan fingerprint density at radius 2 is 1.26 bits per heavy atom. The van der Waals surface area contributed by atoms with Crippen molar-refractivity contribution in [3.8, 4) is 11.5 Å². The molecule has 0 saturated heterocycles. The summed E-state index contributed by atoms with van der Waals surface area (Å²) in [5, 5.41) is 9.17. The molecule has 0 atom stereocenters. The van der Waals surface area contributed by atoms with E-state index in [1.807, 2.05) is 60.7 Å². The molecule has 0 bridgehead atoms. The monoisotopic (exact) mass is 252 g/mol. The summed E-state index contributed by atoms with van der Waals surface area (Å²) < 4.78 is 5.10. The van der Waals surface area contributed by atoms with Crippen molar-refractivity contribution in [2.24, 2.45) is 0 Å². The number of rotatable bonds is 4. The van der Waals surface area contributed by atoms with E-state index in [1.165, 1.54) is 0 Å². The van der Waals surface area contributed by atoms with Crippen LogP contribution in [0.1, 0.15) is 11.1 Å². The molecule has 2 heteroatoms. The van der Waals surface area contributed by atoms with E-state index in [4.69, 9.17) is 4.74 Å². The van der Waals surface area contributed by atoms with Gasteiger partial charge in [-0.1, -0.05) is 48.6 Å². The number of aromatic hydroxyl groups is 1. The number of benzene rings is 2. The lowest BCUT2D eigenvalue weighted by molar-refractivity contribution is 0.415. The second-order valence-electron chi connectivity index (χ2n) is 4.08. The van der Waals surface area contributed by atoms with E-state index in [9.17, 15) is 5.11 Å². The van der Waals surface area contributed by atoms with Crippen molar-refractivity contribution in [2.75, 3.05) is 7.11 Å². The predicted octanol–water partition coefficient (Wildman–Crippen LogP) is 4.13. The Morgan fingerprint density at radius 3 is 1.74 bits per heavy atom.